The van der Waals surface area contributed by atoms with Gasteiger partial charge in [0, 0.05) is 17.8 Å². The minimum absolute atomic E-state index is 0. The van der Waals surface area contributed by atoms with Crippen molar-refractivity contribution in [1.29, 1.82) is 0 Å². The van der Waals surface area contributed by atoms with E-state index in [-0.39, 0.29) is 51.4 Å². The molecule has 0 aromatic heterocycles. The topological polar surface area (TPSA) is 52.2 Å². The van der Waals surface area contributed by atoms with Gasteiger partial charge in [-0.2, -0.15) is 0 Å². The number of rotatable bonds is 3. The van der Waals surface area contributed by atoms with E-state index in [0.717, 1.165) is 6.42 Å². The Balaban J connectivity index is 0. The first-order valence-corrected chi connectivity index (χ1v) is 3.17. The summed E-state index contributed by atoms with van der Waals surface area (Å²) < 4.78 is 21.5. The summed E-state index contributed by atoms with van der Waals surface area (Å²) in [4.78, 5) is 0. The SMILES string of the molecule is CCCNS(=O)[O-].[K+]. The zero-order chi connectivity index (χ0) is 5.70. The van der Waals surface area contributed by atoms with Crippen molar-refractivity contribution in [3.05, 3.63) is 0 Å². The van der Waals surface area contributed by atoms with Gasteiger partial charge in [0.1, 0.15) is 0 Å². The second kappa shape index (κ2) is 8.71. The molecule has 0 radical (unpaired) electrons. The van der Waals surface area contributed by atoms with Crippen molar-refractivity contribution in [3.8, 4) is 0 Å². The van der Waals surface area contributed by atoms with Gasteiger partial charge < -0.3 is 4.55 Å². The van der Waals surface area contributed by atoms with Crippen LogP contribution in [0.3, 0.4) is 0 Å². The average Bonchev–Trinajstić information content (AvgIpc) is 1.61. The zero-order valence-corrected chi connectivity index (χ0v) is 9.08. The molecule has 0 aromatic carbocycles. The Morgan fingerprint density at radius 1 is 1.75 bits per heavy atom. The predicted molar refractivity (Wildman–Crippen MR) is 27.2 cm³/mol. The van der Waals surface area contributed by atoms with E-state index in [1.165, 1.54) is 0 Å². The van der Waals surface area contributed by atoms with E-state index < -0.39 is 11.3 Å². The molecule has 0 heterocycles. The minimum Gasteiger partial charge on any atom is -0.760 e. The predicted octanol–water partition coefficient (Wildman–Crippen LogP) is -3.22. The van der Waals surface area contributed by atoms with Crippen molar-refractivity contribution in [2.45, 2.75) is 13.3 Å². The molecule has 1 N–H and O–H groups in total. The number of nitrogens with one attached hydrogen (secondary N) is 1. The van der Waals surface area contributed by atoms with E-state index in [9.17, 15) is 8.76 Å². The molecule has 1 atom stereocenters. The molecular formula is C3H8KNO2S. The van der Waals surface area contributed by atoms with Gasteiger partial charge in [-0.1, -0.05) is 6.92 Å². The van der Waals surface area contributed by atoms with Crippen LogP contribution >= 0.6 is 0 Å². The third-order valence-corrected chi connectivity index (χ3v) is 0.910. The van der Waals surface area contributed by atoms with Crippen molar-refractivity contribution >= 4 is 11.3 Å². The van der Waals surface area contributed by atoms with Gasteiger partial charge in [-0.15, -0.1) is 0 Å². The Labute approximate surface area is 94.5 Å². The van der Waals surface area contributed by atoms with Gasteiger partial charge in [-0.05, 0) is 6.42 Å². The fraction of sp³-hybridized carbons (Fsp3) is 1.00. The van der Waals surface area contributed by atoms with Crippen LogP contribution in [0.4, 0.5) is 0 Å². The molecule has 3 nitrogen and oxygen atoms in total. The summed E-state index contributed by atoms with van der Waals surface area (Å²) in [6.45, 7) is 2.44. The molecule has 0 saturated carbocycles. The molecule has 0 amide bonds. The number of hydrogen-bond acceptors (Lipinski definition) is 2. The van der Waals surface area contributed by atoms with Gasteiger partial charge in [0.2, 0.25) is 0 Å². The zero-order valence-electron chi connectivity index (χ0n) is 5.14. The van der Waals surface area contributed by atoms with E-state index in [4.69, 9.17) is 0 Å². The van der Waals surface area contributed by atoms with Gasteiger partial charge in [0.25, 0.3) is 0 Å². The summed E-state index contributed by atoms with van der Waals surface area (Å²) in [5.74, 6) is 0. The van der Waals surface area contributed by atoms with Crippen LogP contribution in [0.1, 0.15) is 13.3 Å². The van der Waals surface area contributed by atoms with Gasteiger partial charge >= 0.3 is 51.4 Å². The van der Waals surface area contributed by atoms with Crippen LogP contribution in [0.2, 0.25) is 0 Å². The molecule has 0 spiro atoms. The summed E-state index contributed by atoms with van der Waals surface area (Å²) in [7, 11) is 0. The Hall–Kier alpha value is 1.71. The van der Waals surface area contributed by atoms with Gasteiger partial charge in [0.05, 0.1) is 0 Å². The van der Waals surface area contributed by atoms with Crippen molar-refractivity contribution < 1.29 is 60.1 Å². The van der Waals surface area contributed by atoms with Crippen LogP contribution in [0, 0.1) is 0 Å². The van der Waals surface area contributed by atoms with Crippen molar-refractivity contribution in [2.75, 3.05) is 6.54 Å². The van der Waals surface area contributed by atoms with Crippen LogP contribution in [0.25, 0.3) is 0 Å². The largest absolute Gasteiger partial charge is 1.00 e. The normalized spacial score (nSPS) is 12.2. The molecule has 44 valence electrons. The Morgan fingerprint density at radius 3 is 2.38 bits per heavy atom. The fourth-order valence-corrected chi connectivity index (χ4v) is 0.556. The molecule has 0 aliphatic carbocycles. The maximum absolute atomic E-state index is 9.65. The number of hydrogen-bond donors (Lipinski definition) is 1. The van der Waals surface area contributed by atoms with Crippen molar-refractivity contribution in [2.24, 2.45) is 0 Å². The Morgan fingerprint density at radius 2 is 2.25 bits per heavy atom. The molecule has 1 unspecified atom stereocenters. The summed E-state index contributed by atoms with van der Waals surface area (Å²) in [6.07, 6.45) is 0.841. The van der Waals surface area contributed by atoms with E-state index in [1.54, 1.807) is 0 Å². The molecule has 0 fully saturated rings. The molecule has 8 heavy (non-hydrogen) atoms. The summed E-state index contributed by atoms with van der Waals surface area (Å²) >= 11 is -2.07. The average molecular weight is 161 g/mol. The van der Waals surface area contributed by atoms with Gasteiger partial charge in [0.15, 0.2) is 0 Å². The molecular weight excluding hydrogens is 153 g/mol. The van der Waals surface area contributed by atoms with Crippen LogP contribution in [-0.4, -0.2) is 15.3 Å². The standard InChI is InChI=1S/C3H9NO2S.K/c1-2-3-4-7(5)6;/h4H,2-3H2,1H3,(H,5,6);/q;+1/p-1. The molecule has 0 saturated heterocycles. The van der Waals surface area contributed by atoms with Crippen molar-refractivity contribution in [3.63, 3.8) is 0 Å². The second-order valence-electron chi connectivity index (χ2n) is 1.13. The monoisotopic (exact) mass is 161 g/mol. The molecule has 0 aliphatic heterocycles. The molecule has 0 rings (SSSR count). The van der Waals surface area contributed by atoms with Crippen LogP contribution in [-0.2, 0) is 11.3 Å². The van der Waals surface area contributed by atoms with E-state index in [0.29, 0.717) is 6.54 Å². The third-order valence-electron chi connectivity index (χ3n) is 0.470. The second-order valence-corrected chi connectivity index (χ2v) is 1.89. The molecule has 5 heteroatoms. The molecule has 0 aromatic rings. The Bertz CT molecular complexity index is 70.3. The van der Waals surface area contributed by atoms with E-state index in [2.05, 4.69) is 4.72 Å². The van der Waals surface area contributed by atoms with Crippen molar-refractivity contribution in [1.82, 2.24) is 4.72 Å². The summed E-state index contributed by atoms with van der Waals surface area (Å²) in [5.41, 5.74) is 0. The first-order valence-electron chi connectivity index (χ1n) is 2.10. The van der Waals surface area contributed by atoms with E-state index >= 15 is 0 Å². The van der Waals surface area contributed by atoms with Crippen LogP contribution < -0.4 is 56.1 Å². The minimum atomic E-state index is -2.07. The summed E-state index contributed by atoms with van der Waals surface area (Å²) in [6, 6.07) is 0. The molecule has 0 aliphatic rings. The van der Waals surface area contributed by atoms with Gasteiger partial charge in [-0.25, -0.2) is 4.72 Å². The first kappa shape index (κ1) is 12.4. The summed E-state index contributed by atoms with van der Waals surface area (Å²) in [5, 5.41) is 0. The maximum Gasteiger partial charge on any atom is 1.00 e. The molecule has 0 bridgehead atoms. The van der Waals surface area contributed by atoms with E-state index in [1.807, 2.05) is 6.92 Å². The fourth-order valence-electron chi connectivity index (χ4n) is 0.185. The maximum atomic E-state index is 9.65. The first-order chi connectivity index (χ1) is 3.27. The smallest absolute Gasteiger partial charge is 0.760 e. The Kier molecular flexibility index (Phi) is 13.5. The van der Waals surface area contributed by atoms with Crippen LogP contribution in [0.5, 0.6) is 0 Å². The third kappa shape index (κ3) is 10.6. The van der Waals surface area contributed by atoms with Crippen LogP contribution in [0.15, 0.2) is 0 Å². The quantitative estimate of drug-likeness (QED) is 0.350. The van der Waals surface area contributed by atoms with Gasteiger partial charge in [-0.3, -0.25) is 4.21 Å².